The maximum Gasteiger partial charge on any atom is 0.244 e. The van der Waals surface area contributed by atoms with Gasteiger partial charge in [-0.3, -0.25) is 0 Å². The van der Waals surface area contributed by atoms with E-state index in [9.17, 15) is 0 Å². The van der Waals surface area contributed by atoms with Crippen molar-refractivity contribution in [2.75, 3.05) is 0 Å². The minimum atomic E-state index is -0.0394. The summed E-state index contributed by atoms with van der Waals surface area (Å²) in [5.41, 5.74) is 4.51. The fourth-order valence-corrected chi connectivity index (χ4v) is 3.28. The SMILES string of the molecule is CC(C)c1cccc2c1Oc1cccc3c1[n+]-2[c-]n3C(C)(C)C. The number of benzene rings is 2. The van der Waals surface area contributed by atoms with Crippen LogP contribution in [0.25, 0.3) is 16.7 Å². The molecular weight excluding hydrogens is 284 g/mol. The van der Waals surface area contributed by atoms with Crippen molar-refractivity contribution in [1.29, 1.82) is 0 Å². The summed E-state index contributed by atoms with van der Waals surface area (Å²) in [5.74, 6) is 2.27. The van der Waals surface area contributed by atoms with Crippen molar-refractivity contribution >= 4 is 11.0 Å². The van der Waals surface area contributed by atoms with Crippen LogP contribution in [0.5, 0.6) is 11.5 Å². The van der Waals surface area contributed by atoms with Crippen LogP contribution in [0.1, 0.15) is 46.1 Å². The summed E-state index contributed by atoms with van der Waals surface area (Å²) in [6.45, 7) is 11.0. The van der Waals surface area contributed by atoms with Crippen LogP contribution in [-0.2, 0) is 5.54 Å². The van der Waals surface area contributed by atoms with Gasteiger partial charge in [0.05, 0.1) is 22.3 Å². The number of rotatable bonds is 1. The van der Waals surface area contributed by atoms with Gasteiger partial charge in [0.2, 0.25) is 6.33 Å². The average molecular weight is 306 g/mol. The monoisotopic (exact) mass is 306 g/mol. The van der Waals surface area contributed by atoms with E-state index < -0.39 is 0 Å². The van der Waals surface area contributed by atoms with Crippen LogP contribution in [0.2, 0.25) is 0 Å². The Morgan fingerprint density at radius 2 is 1.83 bits per heavy atom. The third kappa shape index (κ3) is 1.99. The van der Waals surface area contributed by atoms with Crippen LogP contribution in [0, 0.1) is 6.33 Å². The molecule has 23 heavy (non-hydrogen) atoms. The molecule has 0 saturated carbocycles. The Morgan fingerprint density at radius 3 is 2.52 bits per heavy atom. The van der Waals surface area contributed by atoms with Crippen molar-refractivity contribution in [1.82, 2.24) is 4.57 Å². The van der Waals surface area contributed by atoms with Crippen LogP contribution in [0.4, 0.5) is 0 Å². The molecule has 0 radical (unpaired) electrons. The molecule has 3 nitrogen and oxygen atoms in total. The maximum absolute atomic E-state index is 6.31. The second-order valence-electron chi connectivity index (χ2n) is 7.52. The predicted molar refractivity (Wildman–Crippen MR) is 91.5 cm³/mol. The van der Waals surface area contributed by atoms with E-state index in [-0.39, 0.29) is 5.54 Å². The van der Waals surface area contributed by atoms with Gasteiger partial charge in [-0.2, -0.15) is 0 Å². The standard InChI is InChI=1S/C20H22N2O/c1-13(2)14-8-6-10-16-19(14)23-17-11-7-9-15-18(17)21(16)12-22(15)20(3,4)5/h6-11,13H,1-5H3. The predicted octanol–water partition coefficient (Wildman–Crippen LogP) is 4.70. The largest absolute Gasteiger partial charge is 0.469 e. The topological polar surface area (TPSA) is 18.0 Å². The van der Waals surface area contributed by atoms with E-state index in [1.165, 1.54) is 5.56 Å². The Balaban J connectivity index is 2.10. The van der Waals surface area contributed by atoms with Gasteiger partial charge in [0, 0.05) is 0 Å². The number of aromatic nitrogens is 2. The minimum Gasteiger partial charge on any atom is -0.469 e. The Kier molecular flexibility index (Phi) is 2.87. The van der Waals surface area contributed by atoms with E-state index in [0.29, 0.717) is 5.92 Å². The summed E-state index contributed by atoms with van der Waals surface area (Å²) in [5, 5.41) is 0. The van der Waals surface area contributed by atoms with E-state index in [4.69, 9.17) is 4.74 Å². The molecule has 4 rings (SSSR count). The fourth-order valence-electron chi connectivity index (χ4n) is 3.28. The maximum atomic E-state index is 6.31. The zero-order valence-corrected chi connectivity index (χ0v) is 14.3. The van der Waals surface area contributed by atoms with Crippen LogP contribution in [0.3, 0.4) is 0 Å². The number of fused-ring (bicyclic) bond motifs is 2. The Morgan fingerprint density at radius 1 is 1.09 bits per heavy atom. The number of hydrogen-bond donors (Lipinski definition) is 0. The number of imidazole rings is 1. The molecule has 0 atom stereocenters. The van der Waals surface area contributed by atoms with Gasteiger partial charge in [-0.05, 0) is 38.3 Å². The van der Waals surface area contributed by atoms with Crippen molar-refractivity contribution in [2.24, 2.45) is 0 Å². The number of hydrogen-bond acceptors (Lipinski definition) is 1. The normalized spacial score (nSPS) is 13.3. The van der Waals surface area contributed by atoms with Gasteiger partial charge in [0.25, 0.3) is 0 Å². The number of nitrogens with zero attached hydrogens (tertiary/aromatic N) is 2. The first kappa shape index (κ1) is 14.3. The Labute approximate surface area is 137 Å². The Bertz CT molecular complexity index is 913. The molecule has 0 bridgehead atoms. The van der Waals surface area contributed by atoms with Gasteiger partial charge in [-0.15, -0.1) is 0 Å². The molecule has 1 aromatic heterocycles. The van der Waals surface area contributed by atoms with E-state index in [0.717, 1.165) is 28.2 Å². The van der Waals surface area contributed by atoms with Crippen LogP contribution in [-0.4, -0.2) is 4.57 Å². The molecule has 3 aromatic rings. The highest BCUT2D eigenvalue weighted by atomic mass is 16.5. The lowest BCUT2D eigenvalue weighted by molar-refractivity contribution is -0.576. The van der Waals surface area contributed by atoms with Crippen LogP contribution in [0.15, 0.2) is 36.4 Å². The zero-order valence-electron chi connectivity index (χ0n) is 14.3. The summed E-state index contributed by atoms with van der Waals surface area (Å²) in [4.78, 5) is 0. The van der Waals surface area contributed by atoms with Gasteiger partial charge < -0.3 is 13.9 Å². The summed E-state index contributed by atoms with van der Waals surface area (Å²) in [6, 6.07) is 12.6. The first-order chi connectivity index (χ1) is 10.9. The van der Waals surface area contributed by atoms with Crippen molar-refractivity contribution in [2.45, 2.75) is 46.1 Å². The lowest BCUT2D eigenvalue weighted by atomic mass is 10.0. The smallest absolute Gasteiger partial charge is 0.244 e. The van der Waals surface area contributed by atoms with Gasteiger partial charge in [-0.1, -0.05) is 44.2 Å². The highest BCUT2D eigenvalue weighted by Crippen LogP contribution is 2.40. The lowest BCUT2D eigenvalue weighted by Gasteiger charge is -2.24. The summed E-state index contributed by atoms with van der Waals surface area (Å²) >= 11 is 0. The third-order valence-corrected chi connectivity index (χ3v) is 4.41. The van der Waals surface area contributed by atoms with Crippen molar-refractivity contribution in [3.8, 4) is 17.2 Å². The van der Waals surface area contributed by atoms with Crippen LogP contribution >= 0.6 is 0 Å². The summed E-state index contributed by atoms with van der Waals surface area (Å²) < 4.78 is 10.7. The molecule has 3 heteroatoms. The molecule has 2 heterocycles. The van der Waals surface area contributed by atoms with Gasteiger partial charge >= 0.3 is 0 Å². The molecule has 1 aliphatic rings. The zero-order chi connectivity index (χ0) is 16.4. The van der Waals surface area contributed by atoms with Gasteiger partial charge in [0.15, 0.2) is 0 Å². The molecule has 118 valence electrons. The second-order valence-corrected chi connectivity index (χ2v) is 7.52. The molecule has 0 spiro atoms. The highest BCUT2D eigenvalue weighted by Gasteiger charge is 2.27. The van der Waals surface area contributed by atoms with Gasteiger partial charge in [-0.25, -0.2) is 0 Å². The van der Waals surface area contributed by atoms with Gasteiger partial charge in [0.1, 0.15) is 11.5 Å². The van der Waals surface area contributed by atoms with E-state index in [1.54, 1.807) is 0 Å². The first-order valence-electron chi connectivity index (χ1n) is 8.18. The number of ether oxygens (including phenoxy) is 1. The average Bonchev–Trinajstić information content (AvgIpc) is 2.88. The molecule has 0 fully saturated rings. The van der Waals surface area contributed by atoms with Crippen LogP contribution < -0.4 is 9.30 Å². The summed E-state index contributed by atoms with van der Waals surface area (Å²) in [7, 11) is 0. The third-order valence-electron chi connectivity index (χ3n) is 4.41. The molecule has 0 aliphatic carbocycles. The first-order valence-corrected chi connectivity index (χ1v) is 8.18. The van der Waals surface area contributed by atoms with Crippen molar-refractivity contribution in [3.63, 3.8) is 0 Å². The molecule has 1 aliphatic heterocycles. The van der Waals surface area contributed by atoms with E-state index in [2.05, 4.69) is 80.4 Å². The molecular formula is C20H22N2O. The van der Waals surface area contributed by atoms with Crippen molar-refractivity contribution in [3.05, 3.63) is 48.3 Å². The molecule has 0 saturated heterocycles. The molecule has 2 aromatic carbocycles. The summed E-state index contributed by atoms with van der Waals surface area (Å²) in [6.07, 6.45) is 3.55. The second kappa shape index (κ2) is 4.60. The van der Waals surface area contributed by atoms with Crippen molar-refractivity contribution < 1.29 is 9.30 Å². The quantitative estimate of drug-likeness (QED) is 0.368. The highest BCUT2D eigenvalue weighted by molar-refractivity contribution is 5.81. The molecule has 0 amide bonds. The lowest BCUT2D eigenvalue weighted by Crippen LogP contribution is -2.34. The Hall–Kier alpha value is -2.29. The minimum absolute atomic E-state index is 0.0394. The number of para-hydroxylation sites is 2. The van der Waals surface area contributed by atoms with E-state index >= 15 is 0 Å². The molecule has 0 N–H and O–H groups in total. The fraction of sp³-hybridized carbons (Fsp3) is 0.350. The molecule has 0 unspecified atom stereocenters. The van der Waals surface area contributed by atoms with E-state index in [1.807, 2.05) is 6.07 Å².